The Balaban J connectivity index is 1.93. The molecule has 0 aromatic heterocycles. The Morgan fingerprint density at radius 1 is 1.47 bits per heavy atom. The number of nitrogens with two attached hydrogens (primary N) is 1. The highest BCUT2D eigenvalue weighted by Crippen LogP contribution is 2.30. The molecule has 0 aliphatic carbocycles. The zero-order valence-corrected chi connectivity index (χ0v) is 10.8. The summed E-state index contributed by atoms with van der Waals surface area (Å²) in [7, 11) is 0. The number of anilines is 1. The van der Waals surface area contributed by atoms with Gasteiger partial charge < -0.3 is 15.2 Å². The zero-order valence-electron chi connectivity index (χ0n) is 10.8. The fourth-order valence-corrected chi connectivity index (χ4v) is 2.17. The highest BCUT2D eigenvalue weighted by molar-refractivity contribution is 5.53. The first-order chi connectivity index (χ1) is 7.98. The van der Waals surface area contributed by atoms with Crippen LogP contribution in [-0.2, 0) is 4.74 Å². The summed E-state index contributed by atoms with van der Waals surface area (Å²) in [6.45, 7) is 6.83. The predicted octanol–water partition coefficient (Wildman–Crippen LogP) is 2.91. The molecule has 1 heterocycles. The molecule has 3 nitrogen and oxygen atoms in total. The normalized spacial score (nSPS) is 22.6. The molecule has 1 saturated heterocycles. The molecule has 1 unspecified atom stereocenters. The van der Waals surface area contributed by atoms with Crippen LogP contribution in [0.15, 0.2) is 18.2 Å². The number of benzene rings is 1. The van der Waals surface area contributed by atoms with E-state index < -0.39 is 0 Å². The van der Waals surface area contributed by atoms with Crippen molar-refractivity contribution in [2.75, 3.05) is 12.3 Å². The van der Waals surface area contributed by atoms with Crippen LogP contribution in [0.25, 0.3) is 0 Å². The lowest BCUT2D eigenvalue weighted by atomic mass is 10.1. The van der Waals surface area contributed by atoms with E-state index in [-0.39, 0.29) is 11.7 Å². The fourth-order valence-electron chi connectivity index (χ4n) is 2.17. The van der Waals surface area contributed by atoms with E-state index in [1.54, 1.807) is 0 Å². The topological polar surface area (TPSA) is 44.5 Å². The van der Waals surface area contributed by atoms with Crippen molar-refractivity contribution >= 4 is 5.69 Å². The SMILES string of the molecule is Cc1c(N)cccc1OCC1CCC(C)(C)O1. The third-order valence-corrected chi connectivity index (χ3v) is 3.30. The molecule has 3 heteroatoms. The molecular formula is C14H21NO2. The Morgan fingerprint density at radius 3 is 2.88 bits per heavy atom. The van der Waals surface area contributed by atoms with E-state index >= 15 is 0 Å². The molecule has 1 aliphatic heterocycles. The van der Waals surface area contributed by atoms with Gasteiger partial charge in [-0.1, -0.05) is 6.07 Å². The van der Waals surface area contributed by atoms with Crippen LogP contribution in [0, 0.1) is 6.92 Å². The molecule has 0 bridgehead atoms. The first kappa shape index (κ1) is 12.2. The Morgan fingerprint density at radius 2 is 2.24 bits per heavy atom. The van der Waals surface area contributed by atoms with Crippen LogP contribution in [0.2, 0.25) is 0 Å². The fraction of sp³-hybridized carbons (Fsp3) is 0.571. The molecule has 17 heavy (non-hydrogen) atoms. The largest absolute Gasteiger partial charge is 0.491 e. The van der Waals surface area contributed by atoms with E-state index in [9.17, 15) is 0 Å². The van der Waals surface area contributed by atoms with Gasteiger partial charge in [0, 0.05) is 11.3 Å². The lowest BCUT2D eigenvalue weighted by Gasteiger charge is -2.20. The number of nitrogen functional groups attached to an aromatic ring is 1. The quantitative estimate of drug-likeness (QED) is 0.819. The van der Waals surface area contributed by atoms with Crippen molar-refractivity contribution in [1.82, 2.24) is 0 Å². The maximum Gasteiger partial charge on any atom is 0.124 e. The van der Waals surface area contributed by atoms with Crippen LogP contribution in [0.4, 0.5) is 5.69 Å². The minimum Gasteiger partial charge on any atom is -0.491 e. The van der Waals surface area contributed by atoms with Crippen molar-refractivity contribution in [1.29, 1.82) is 0 Å². The van der Waals surface area contributed by atoms with Crippen LogP contribution >= 0.6 is 0 Å². The van der Waals surface area contributed by atoms with Crippen molar-refractivity contribution < 1.29 is 9.47 Å². The van der Waals surface area contributed by atoms with Gasteiger partial charge in [0.15, 0.2) is 0 Å². The highest BCUT2D eigenvalue weighted by Gasteiger charge is 2.31. The average Bonchev–Trinajstić information content (AvgIpc) is 2.61. The maximum absolute atomic E-state index is 5.88. The van der Waals surface area contributed by atoms with E-state index in [0.29, 0.717) is 6.61 Å². The van der Waals surface area contributed by atoms with Crippen molar-refractivity contribution in [2.24, 2.45) is 0 Å². The molecule has 2 rings (SSSR count). The van der Waals surface area contributed by atoms with Gasteiger partial charge in [-0.05, 0) is 45.7 Å². The van der Waals surface area contributed by atoms with Gasteiger partial charge in [0.1, 0.15) is 12.4 Å². The lowest BCUT2D eigenvalue weighted by Crippen LogP contribution is -2.24. The second-order valence-corrected chi connectivity index (χ2v) is 5.32. The summed E-state index contributed by atoms with van der Waals surface area (Å²) in [5.74, 6) is 0.860. The summed E-state index contributed by atoms with van der Waals surface area (Å²) in [5, 5.41) is 0. The van der Waals surface area contributed by atoms with Crippen molar-refractivity contribution in [2.45, 2.75) is 45.3 Å². The molecule has 2 N–H and O–H groups in total. The molecule has 0 saturated carbocycles. The highest BCUT2D eigenvalue weighted by atomic mass is 16.6. The monoisotopic (exact) mass is 235 g/mol. The van der Waals surface area contributed by atoms with E-state index in [0.717, 1.165) is 29.8 Å². The van der Waals surface area contributed by atoms with Crippen LogP contribution in [0.3, 0.4) is 0 Å². The van der Waals surface area contributed by atoms with Crippen LogP contribution in [-0.4, -0.2) is 18.3 Å². The van der Waals surface area contributed by atoms with Gasteiger partial charge in [-0.25, -0.2) is 0 Å². The smallest absolute Gasteiger partial charge is 0.124 e. The predicted molar refractivity (Wildman–Crippen MR) is 69.3 cm³/mol. The molecule has 1 aliphatic rings. The van der Waals surface area contributed by atoms with Gasteiger partial charge in [0.2, 0.25) is 0 Å². The summed E-state index contributed by atoms with van der Waals surface area (Å²) in [5.41, 5.74) is 7.61. The van der Waals surface area contributed by atoms with Crippen molar-refractivity contribution in [3.05, 3.63) is 23.8 Å². The van der Waals surface area contributed by atoms with Gasteiger partial charge in [0.25, 0.3) is 0 Å². The minimum absolute atomic E-state index is 0.00120. The summed E-state index contributed by atoms with van der Waals surface area (Å²) < 4.78 is 11.7. The van der Waals surface area contributed by atoms with Gasteiger partial charge in [0.05, 0.1) is 11.7 Å². The minimum atomic E-state index is -0.00120. The third-order valence-electron chi connectivity index (χ3n) is 3.30. The molecule has 94 valence electrons. The molecule has 1 aromatic carbocycles. The second-order valence-electron chi connectivity index (χ2n) is 5.32. The van der Waals surface area contributed by atoms with E-state index in [1.807, 2.05) is 25.1 Å². The second kappa shape index (κ2) is 4.57. The number of hydrogen-bond acceptors (Lipinski definition) is 3. The molecule has 1 atom stereocenters. The lowest BCUT2D eigenvalue weighted by molar-refractivity contribution is -0.0327. The van der Waals surface area contributed by atoms with E-state index in [2.05, 4.69) is 13.8 Å². The maximum atomic E-state index is 5.88. The van der Waals surface area contributed by atoms with Crippen molar-refractivity contribution in [3.63, 3.8) is 0 Å². The number of hydrogen-bond donors (Lipinski definition) is 1. The van der Waals surface area contributed by atoms with Crippen molar-refractivity contribution in [3.8, 4) is 5.75 Å². The molecular weight excluding hydrogens is 214 g/mol. The Bertz CT molecular complexity index is 401. The summed E-state index contributed by atoms with van der Waals surface area (Å²) in [4.78, 5) is 0. The molecule has 1 aromatic rings. The number of ether oxygens (including phenoxy) is 2. The average molecular weight is 235 g/mol. The Hall–Kier alpha value is -1.22. The summed E-state index contributed by atoms with van der Waals surface area (Å²) >= 11 is 0. The number of rotatable bonds is 3. The van der Waals surface area contributed by atoms with E-state index in [4.69, 9.17) is 15.2 Å². The van der Waals surface area contributed by atoms with Crippen LogP contribution in [0.1, 0.15) is 32.3 Å². The molecule has 1 fully saturated rings. The Labute approximate surface area is 103 Å². The zero-order chi connectivity index (χ0) is 12.5. The van der Waals surface area contributed by atoms with Gasteiger partial charge in [-0.2, -0.15) is 0 Å². The molecule has 0 spiro atoms. The van der Waals surface area contributed by atoms with Gasteiger partial charge in [-0.3, -0.25) is 0 Å². The first-order valence-electron chi connectivity index (χ1n) is 6.14. The summed E-state index contributed by atoms with van der Waals surface area (Å²) in [6.07, 6.45) is 2.36. The first-order valence-corrected chi connectivity index (χ1v) is 6.14. The third kappa shape index (κ3) is 2.91. The summed E-state index contributed by atoms with van der Waals surface area (Å²) in [6, 6.07) is 5.75. The van der Waals surface area contributed by atoms with Crippen LogP contribution < -0.4 is 10.5 Å². The van der Waals surface area contributed by atoms with Gasteiger partial charge in [-0.15, -0.1) is 0 Å². The van der Waals surface area contributed by atoms with Crippen LogP contribution in [0.5, 0.6) is 5.75 Å². The Kier molecular flexibility index (Phi) is 3.29. The van der Waals surface area contributed by atoms with E-state index in [1.165, 1.54) is 0 Å². The molecule has 0 radical (unpaired) electrons. The van der Waals surface area contributed by atoms with Gasteiger partial charge >= 0.3 is 0 Å². The molecule has 0 amide bonds. The standard InChI is InChI=1S/C14H21NO2/c1-10-12(15)5-4-6-13(10)16-9-11-7-8-14(2,3)17-11/h4-6,11H,7-9,15H2,1-3H3.